The van der Waals surface area contributed by atoms with Gasteiger partial charge in [-0.2, -0.15) is 5.10 Å². The van der Waals surface area contributed by atoms with Crippen molar-refractivity contribution in [2.45, 2.75) is 18.9 Å². The van der Waals surface area contributed by atoms with Gasteiger partial charge in [-0.15, -0.1) is 0 Å². The van der Waals surface area contributed by atoms with Crippen LogP contribution in [0.1, 0.15) is 24.6 Å². The minimum atomic E-state index is -0.237. The van der Waals surface area contributed by atoms with Gasteiger partial charge in [0.15, 0.2) is 0 Å². The largest absolute Gasteiger partial charge is 0.359 e. The van der Waals surface area contributed by atoms with Gasteiger partial charge in [0.2, 0.25) is 11.8 Å². The van der Waals surface area contributed by atoms with Crippen LogP contribution in [-0.4, -0.2) is 40.6 Å². The van der Waals surface area contributed by atoms with E-state index in [4.69, 9.17) is 0 Å². The van der Waals surface area contributed by atoms with E-state index in [9.17, 15) is 9.59 Å². The van der Waals surface area contributed by atoms with Gasteiger partial charge in [-0.25, -0.2) is 0 Å². The molecule has 0 aromatic carbocycles. The minimum Gasteiger partial charge on any atom is -0.359 e. The van der Waals surface area contributed by atoms with Crippen molar-refractivity contribution in [3.63, 3.8) is 0 Å². The molecule has 0 radical (unpaired) electrons. The lowest BCUT2D eigenvalue weighted by molar-refractivity contribution is -0.141. The molecular weight excluding hydrogens is 232 g/mol. The third kappa shape index (κ3) is 1.98. The summed E-state index contributed by atoms with van der Waals surface area (Å²) in [5.41, 5.74) is 0.888. The van der Waals surface area contributed by atoms with Crippen LogP contribution in [0.2, 0.25) is 0 Å². The summed E-state index contributed by atoms with van der Waals surface area (Å²) in [4.78, 5) is 25.4. The van der Waals surface area contributed by atoms with Gasteiger partial charge in [0.25, 0.3) is 0 Å². The van der Waals surface area contributed by atoms with Crippen LogP contribution < -0.4 is 5.32 Å². The molecule has 98 valence electrons. The Hall–Kier alpha value is -1.85. The second-order valence-corrected chi connectivity index (χ2v) is 4.59. The molecule has 1 saturated heterocycles. The van der Waals surface area contributed by atoms with Gasteiger partial charge < -0.3 is 10.2 Å². The molecule has 1 aromatic rings. The summed E-state index contributed by atoms with van der Waals surface area (Å²) in [6.45, 7) is 0. The van der Waals surface area contributed by atoms with Gasteiger partial charge in [-0.05, 0) is 12.5 Å². The Balaban J connectivity index is 2.38. The van der Waals surface area contributed by atoms with Crippen molar-refractivity contribution in [3.05, 3.63) is 18.0 Å². The van der Waals surface area contributed by atoms with Crippen molar-refractivity contribution < 1.29 is 9.59 Å². The molecule has 1 aliphatic heterocycles. The summed E-state index contributed by atoms with van der Waals surface area (Å²) in [6, 6.07) is 1.62. The lowest BCUT2D eigenvalue weighted by Gasteiger charge is -2.37. The van der Waals surface area contributed by atoms with E-state index in [-0.39, 0.29) is 23.8 Å². The molecule has 0 aliphatic carbocycles. The fraction of sp³-hybridized carbons (Fsp3) is 0.583. The first-order valence-corrected chi connectivity index (χ1v) is 6.01. The zero-order valence-corrected chi connectivity index (χ0v) is 10.9. The Morgan fingerprint density at radius 1 is 1.50 bits per heavy atom. The molecule has 1 fully saturated rings. The van der Waals surface area contributed by atoms with Crippen LogP contribution in [0.3, 0.4) is 0 Å². The van der Waals surface area contributed by atoms with E-state index in [2.05, 4.69) is 10.4 Å². The quantitative estimate of drug-likeness (QED) is 0.808. The number of nitrogens with zero attached hydrogens (tertiary/aromatic N) is 3. The molecule has 1 aliphatic rings. The van der Waals surface area contributed by atoms with Gasteiger partial charge in [0.05, 0.1) is 17.7 Å². The van der Waals surface area contributed by atoms with Gasteiger partial charge in [-0.3, -0.25) is 14.3 Å². The normalized spacial score (nSPS) is 24.2. The van der Waals surface area contributed by atoms with Crippen LogP contribution in [0.15, 0.2) is 12.3 Å². The van der Waals surface area contributed by atoms with Gasteiger partial charge in [0, 0.05) is 33.8 Å². The molecule has 2 unspecified atom stereocenters. The zero-order chi connectivity index (χ0) is 13.3. The number of likely N-dealkylation sites (tertiary alicyclic amines) is 1. The van der Waals surface area contributed by atoms with Crippen LogP contribution in [0, 0.1) is 5.92 Å². The van der Waals surface area contributed by atoms with Gasteiger partial charge in [0.1, 0.15) is 0 Å². The summed E-state index contributed by atoms with van der Waals surface area (Å²) in [5, 5.41) is 6.79. The number of carbonyl (C=O) groups is 2. The molecule has 0 spiro atoms. The maximum Gasteiger partial charge on any atom is 0.225 e. The summed E-state index contributed by atoms with van der Waals surface area (Å²) in [7, 11) is 5.19. The average molecular weight is 250 g/mol. The average Bonchev–Trinajstić information content (AvgIpc) is 2.77. The van der Waals surface area contributed by atoms with Crippen molar-refractivity contribution in [2.24, 2.45) is 13.0 Å². The van der Waals surface area contributed by atoms with Crippen LogP contribution >= 0.6 is 0 Å². The van der Waals surface area contributed by atoms with Crippen LogP contribution in [0.25, 0.3) is 0 Å². The summed E-state index contributed by atoms with van der Waals surface area (Å²) in [6.07, 6.45) is 2.69. The maximum absolute atomic E-state index is 12.0. The number of piperidine rings is 1. The van der Waals surface area contributed by atoms with Gasteiger partial charge in [-0.1, -0.05) is 0 Å². The van der Waals surface area contributed by atoms with E-state index in [0.29, 0.717) is 12.8 Å². The smallest absolute Gasteiger partial charge is 0.225 e. The predicted molar refractivity (Wildman–Crippen MR) is 65.5 cm³/mol. The van der Waals surface area contributed by atoms with E-state index in [1.165, 1.54) is 0 Å². The number of aromatic nitrogens is 2. The second kappa shape index (κ2) is 4.80. The fourth-order valence-electron chi connectivity index (χ4n) is 2.58. The van der Waals surface area contributed by atoms with Crippen molar-refractivity contribution in [3.8, 4) is 0 Å². The van der Waals surface area contributed by atoms with E-state index < -0.39 is 0 Å². The number of nitrogens with one attached hydrogen (secondary N) is 1. The number of aryl methyl sites for hydroxylation is 1. The fourth-order valence-corrected chi connectivity index (χ4v) is 2.58. The van der Waals surface area contributed by atoms with Crippen molar-refractivity contribution >= 4 is 11.8 Å². The van der Waals surface area contributed by atoms with E-state index in [0.717, 1.165) is 5.69 Å². The molecule has 18 heavy (non-hydrogen) atoms. The predicted octanol–water partition coefficient (Wildman–Crippen LogP) is 0.0756. The molecule has 6 heteroatoms. The number of rotatable bonds is 2. The lowest BCUT2D eigenvalue weighted by Crippen LogP contribution is -2.46. The minimum absolute atomic E-state index is 0.0273. The monoisotopic (exact) mass is 250 g/mol. The van der Waals surface area contributed by atoms with Crippen molar-refractivity contribution in [2.75, 3.05) is 14.1 Å². The Kier molecular flexibility index (Phi) is 3.36. The molecule has 6 nitrogen and oxygen atoms in total. The molecule has 1 N–H and O–H groups in total. The van der Waals surface area contributed by atoms with Crippen molar-refractivity contribution in [1.29, 1.82) is 0 Å². The highest BCUT2D eigenvalue weighted by molar-refractivity contribution is 5.84. The third-order valence-corrected chi connectivity index (χ3v) is 3.61. The second-order valence-electron chi connectivity index (χ2n) is 4.59. The molecule has 2 rings (SSSR count). The van der Waals surface area contributed by atoms with Crippen LogP contribution in [0.5, 0.6) is 0 Å². The first kappa shape index (κ1) is 12.6. The van der Waals surface area contributed by atoms with Crippen LogP contribution in [0.4, 0.5) is 0 Å². The Morgan fingerprint density at radius 2 is 2.22 bits per heavy atom. The Morgan fingerprint density at radius 3 is 2.78 bits per heavy atom. The standard InChI is InChI=1S/C12H18N4O2/c1-13-12(18)8-4-5-10(17)15(2)11(8)9-6-7-14-16(9)3/h6-8,11H,4-5H2,1-3H3,(H,13,18). The zero-order valence-electron chi connectivity index (χ0n) is 10.9. The molecule has 2 amide bonds. The molecule has 2 atom stereocenters. The van der Waals surface area contributed by atoms with E-state index >= 15 is 0 Å². The maximum atomic E-state index is 12.0. The van der Waals surface area contributed by atoms with Crippen LogP contribution in [-0.2, 0) is 16.6 Å². The van der Waals surface area contributed by atoms with E-state index in [1.54, 1.807) is 29.9 Å². The number of amides is 2. The lowest BCUT2D eigenvalue weighted by atomic mass is 9.86. The summed E-state index contributed by atoms with van der Waals surface area (Å²) < 4.78 is 1.72. The molecule has 0 saturated carbocycles. The molecular formula is C12H18N4O2. The molecule has 0 bridgehead atoms. The third-order valence-electron chi connectivity index (χ3n) is 3.61. The Labute approximate surface area is 106 Å². The van der Waals surface area contributed by atoms with E-state index in [1.807, 2.05) is 13.1 Å². The number of hydrogen-bond acceptors (Lipinski definition) is 3. The van der Waals surface area contributed by atoms with Crippen molar-refractivity contribution in [1.82, 2.24) is 20.0 Å². The van der Waals surface area contributed by atoms with Gasteiger partial charge >= 0.3 is 0 Å². The summed E-state index contributed by atoms with van der Waals surface area (Å²) >= 11 is 0. The highest BCUT2D eigenvalue weighted by Crippen LogP contribution is 2.35. The topological polar surface area (TPSA) is 67.2 Å². The molecule has 2 heterocycles. The summed E-state index contributed by atoms with van der Waals surface area (Å²) in [5.74, 6) is -0.171. The highest BCUT2D eigenvalue weighted by Gasteiger charge is 2.39. The SMILES string of the molecule is CNC(=O)C1CCC(=O)N(C)C1c1ccnn1C. The number of carbonyl (C=O) groups excluding carboxylic acids is 2. The number of hydrogen-bond donors (Lipinski definition) is 1. The Bertz CT molecular complexity index is 468. The molecule has 1 aromatic heterocycles. The first-order chi connectivity index (χ1) is 8.56. The highest BCUT2D eigenvalue weighted by atomic mass is 16.2. The first-order valence-electron chi connectivity index (χ1n) is 6.01.